The van der Waals surface area contributed by atoms with Gasteiger partial charge in [-0.25, -0.2) is 0 Å². The minimum Gasteiger partial charge on any atom is -0.493 e. The number of hydrogen-bond donors (Lipinski definition) is 0. The molecule has 3 rings (SSSR count). The average Bonchev–Trinajstić information content (AvgIpc) is 2.71. The summed E-state index contributed by atoms with van der Waals surface area (Å²) in [5.41, 5.74) is 2.57. The third-order valence-electron chi connectivity index (χ3n) is 5.75. The van der Waals surface area contributed by atoms with E-state index in [-0.39, 0.29) is 12.2 Å². The van der Waals surface area contributed by atoms with Crippen molar-refractivity contribution in [2.24, 2.45) is 11.8 Å². The van der Waals surface area contributed by atoms with Crippen molar-refractivity contribution in [2.75, 3.05) is 13.2 Å². The Morgan fingerprint density at radius 1 is 1.00 bits per heavy atom. The molecule has 1 aliphatic rings. The van der Waals surface area contributed by atoms with Crippen molar-refractivity contribution in [3.63, 3.8) is 0 Å². The molecule has 0 saturated heterocycles. The van der Waals surface area contributed by atoms with Crippen molar-refractivity contribution in [3.05, 3.63) is 59.7 Å². The summed E-state index contributed by atoms with van der Waals surface area (Å²) in [5.74, 6) is 3.87. The highest BCUT2D eigenvalue weighted by molar-refractivity contribution is 5.38. The lowest BCUT2D eigenvalue weighted by Crippen LogP contribution is -2.32. The van der Waals surface area contributed by atoms with Crippen molar-refractivity contribution in [3.8, 4) is 11.5 Å². The van der Waals surface area contributed by atoms with E-state index in [2.05, 4.69) is 64.1 Å². The number of hydrogen-bond acceptors (Lipinski definition) is 3. The van der Waals surface area contributed by atoms with Crippen molar-refractivity contribution >= 4 is 0 Å². The summed E-state index contributed by atoms with van der Waals surface area (Å²) in [6.07, 6.45) is 1.79. The van der Waals surface area contributed by atoms with Crippen LogP contribution in [0.5, 0.6) is 11.5 Å². The van der Waals surface area contributed by atoms with E-state index in [0.29, 0.717) is 31.0 Å². The lowest BCUT2D eigenvalue weighted by atomic mass is 9.82. The zero-order valence-corrected chi connectivity index (χ0v) is 18.6. The third kappa shape index (κ3) is 5.54. The van der Waals surface area contributed by atoms with Gasteiger partial charge in [0.05, 0.1) is 12.5 Å². The van der Waals surface area contributed by atoms with Crippen LogP contribution in [0.2, 0.25) is 0 Å². The fraction of sp³-hybridized carbons (Fsp3) is 0.538. The first-order chi connectivity index (χ1) is 14.0. The smallest absolute Gasteiger partial charge is 0.207 e. The molecule has 0 fully saturated rings. The van der Waals surface area contributed by atoms with E-state index >= 15 is 0 Å². The molecule has 29 heavy (non-hydrogen) atoms. The standard InChI is InChI=1S/C26H36O3/c1-6-27-26(23-15-16-28-25-10-8-7-9-22(23)25)29-21-13-11-20(12-14-21)24(19(4)5)17-18(2)3/h7-14,18-19,23-24,26H,6,15-17H2,1-5H3. The molecule has 158 valence electrons. The van der Waals surface area contributed by atoms with E-state index in [1.807, 2.05) is 19.1 Å². The van der Waals surface area contributed by atoms with Crippen molar-refractivity contribution in [1.82, 2.24) is 0 Å². The molecule has 0 N–H and O–H groups in total. The Bertz CT molecular complexity index is 751. The highest BCUT2D eigenvalue weighted by Gasteiger charge is 2.31. The predicted octanol–water partition coefficient (Wildman–Crippen LogP) is 6.78. The summed E-state index contributed by atoms with van der Waals surface area (Å²) >= 11 is 0. The second kappa shape index (κ2) is 10.2. The van der Waals surface area contributed by atoms with Gasteiger partial charge < -0.3 is 14.2 Å². The Balaban J connectivity index is 1.76. The molecule has 0 aliphatic carbocycles. The number of fused-ring (bicyclic) bond motifs is 1. The van der Waals surface area contributed by atoms with Crippen LogP contribution < -0.4 is 9.47 Å². The topological polar surface area (TPSA) is 27.7 Å². The molecule has 0 bridgehead atoms. The highest BCUT2D eigenvalue weighted by Crippen LogP contribution is 2.38. The van der Waals surface area contributed by atoms with Gasteiger partial charge in [-0.3, -0.25) is 0 Å². The first kappa shape index (κ1) is 21.7. The van der Waals surface area contributed by atoms with Crippen LogP contribution in [0.15, 0.2) is 48.5 Å². The summed E-state index contributed by atoms with van der Waals surface area (Å²) in [6, 6.07) is 16.9. The number of ether oxygens (including phenoxy) is 3. The first-order valence-corrected chi connectivity index (χ1v) is 11.1. The van der Waals surface area contributed by atoms with Gasteiger partial charge in [-0.1, -0.05) is 58.0 Å². The Hall–Kier alpha value is -2.00. The first-order valence-electron chi connectivity index (χ1n) is 11.1. The fourth-order valence-corrected chi connectivity index (χ4v) is 4.28. The van der Waals surface area contributed by atoms with Crippen LogP contribution >= 0.6 is 0 Å². The number of benzene rings is 2. The molecule has 3 heteroatoms. The van der Waals surface area contributed by atoms with Crippen LogP contribution in [0.25, 0.3) is 0 Å². The fourth-order valence-electron chi connectivity index (χ4n) is 4.28. The molecule has 3 atom stereocenters. The Morgan fingerprint density at radius 2 is 1.72 bits per heavy atom. The summed E-state index contributed by atoms with van der Waals surface area (Å²) in [4.78, 5) is 0. The van der Waals surface area contributed by atoms with E-state index in [4.69, 9.17) is 14.2 Å². The van der Waals surface area contributed by atoms with Gasteiger partial charge in [0.25, 0.3) is 0 Å². The molecular weight excluding hydrogens is 360 g/mol. The van der Waals surface area contributed by atoms with Crippen LogP contribution in [-0.4, -0.2) is 19.5 Å². The maximum Gasteiger partial charge on any atom is 0.207 e. The van der Waals surface area contributed by atoms with Crippen LogP contribution in [0.3, 0.4) is 0 Å². The largest absolute Gasteiger partial charge is 0.493 e. The molecule has 2 aromatic carbocycles. The molecule has 0 spiro atoms. The third-order valence-corrected chi connectivity index (χ3v) is 5.75. The second-order valence-electron chi connectivity index (χ2n) is 8.77. The van der Waals surface area contributed by atoms with E-state index < -0.39 is 0 Å². The van der Waals surface area contributed by atoms with Gasteiger partial charge in [-0.2, -0.15) is 0 Å². The lowest BCUT2D eigenvalue weighted by Gasteiger charge is -2.32. The molecule has 0 radical (unpaired) electrons. The maximum atomic E-state index is 6.35. The van der Waals surface area contributed by atoms with Gasteiger partial charge >= 0.3 is 0 Å². The van der Waals surface area contributed by atoms with E-state index in [0.717, 1.165) is 17.9 Å². The molecule has 0 saturated carbocycles. The Labute approximate surface area is 176 Å². The lowest BCUT2D eigenvalue weighted by molar-refractivity contribution is -0.0976. The maximum absolute atomic E-state index is 6.35. The Kier molecular flexibility index (Phi) is 7.60. The van der Waals surface area contributed by atoms with Gasteiger partial charge in [0, 0.05) is 12.2 Å². The molecule has 2 aromatic rings. The van der Waals surface area contributed by atoms with Gasteiger partial charge in [0.15, 0.2) is 0 Å². The second-order valence-corrected chi connectivity index (χ2v) is 8.77. The van der Waals surface area contributed by atoms with Crippen molar-refractivity contribution in [2.45, 2.75) is 65.6 Å². The molecule has 1 aliphatic heterocycles. The summed E-state index contributed by atoms with van der Waals surface area (Å²) in [7, 11) is 0. The molecule has 1 heterocycles. The normalized spacial score (nSPS) is 18.2. The van der Waals surface area contributed by atoms with E-state index in [9.17, 15) is 0 Å². The minimum atomic E-state index is -0.313. The van der Waals surface area contributed by atoms with Crippen LogP contribution in [0.1, 0.15) is 70.4 Å². The van der Waals surface area contributed by atoms with Gasteiger partial charge in [-0.05, 0) is 61.3 Å². The summed E-state index contributed by atoms with van der Waals surface area (Å²) in [5, 5.41) is 0. The van der Waals surface area contributed by atoms with E-state index in [1.54, 1.807) is 0 Å². The van der Waals surface area contributed by atoms with Crippen LogP contribution in [0.4, 0.5) is 0 Å². The number of rotatable bonds is 9. The molecule has 3 nitrogen and oxygen atoms in total. The molecule has 0 aromatic heterocycles. The van der Waals surface area contributed by atoms with Gasteiger partial charge in [0.2, 0.25) is 6.29 Å². The highest BCUT2D eigenvalue weighted by atomic mass is 16.7. The average molecular weight is 397 g/mol. The SMILES string of the molecule is CCOC(Oc1ccc(C(CC(C)C)C(C)C)cc1)C1CCOc2ccccc21. The molecular formula is C26H36O3. The minimum absolute atomic E-state index is 0.170. The van der Waals surface area contributed by atoms with Crippen molar-refractivity contribution < 1.29 is 14.2 Å². The Morgan fingerprint density at radius 3 is 2.38 bits per heavy atom. The zero-order chi connectivity index (χ0) is 20.8. The van der Waals surface area contributed by atoms with E-state index in [1.165, 1.54) is 17.5 Å². The monoisotopic (exact) mass is 396 g/mol. The quantitative estimate of drug-likeness (QED) is 0.437. The zero-order valence-electron chi connectivity index (χ0n) is 18.6. The van der Waals surface area contributed by atoms with Crippen LogP contribution in [-0.2, 0) is 4.74 Å². The molecule has 3 unspecified atom stereocenters. The molecule has 0 amide bonds. The van der Waals surface area contributed by atoms with Gasteiger partial charge in [-0.15, -0.1) is 0 Å². The predicted molar refractivity (Wildman–Crippen MR) is 119 cm³/mol. The number of para-hydroxylation sites is 1. The van der Waals surface area contributed by atoms with Crippen molar-refractivity contribution in [1.29, 1.82) is 0 Å². The van der Waals surface area contributed by atoms with Gasteiger partial charge in [0.1, 0.15) is 11.5 Å². The summed E-state index contributed by atoms with van der Waals surface area (Å²) in [6.45, 7) is 12.5. The van der Waals surface area contributed by atoms with Crippen LogP contribution in [0, 0.1) is 11.8 Å². The summed E-state index contributed by atoms with van der Waals surface area (Å²) < 4.78 is 18.2.